The number of amides is 3. The third-order valence-electron chi connectivity index (χ3n) is 10.0. The largest absolute Gasteiger partial charge is 0.453 e. The van der Waals surface area contributed by atoms with Crippen LogP contribution in [-0.4, -0.2) is 103 Å². The van der Waals surface area contributed by atoms with Crippen LogP contribution in [0.5, 0.6) is 0 Å². The summed E-state index contributed by atoms with van der Waals surface area (Å²) in [6, 6.07) is 16.1. The Bertz CT molecular complexity index is 1790. The summed E-state index contributed by atoms with van der Waals surface area (Å²) in [6.45, 7) is 4.89. The van der Waals surface area contributed by atoms with Gasteiger partial charge >= 0.3 is 12.1 Å². The number of aliphatic hydroxyl groups is 2. The molecule has 7 rings (SSSR count). The first-order valence-electron chi connectivity index (χ1n) is 18.9. The minimum atomic E-state index is -0.462. The Kier molecular flexibility index (Phi) is 14.4. The summed E-state index contributed by atoms with van der Waals surface area (Å²) in [7, 11) is 4.72. The number of rotatable bonds is 4. The van der Waals surface area contributed by atoms with Gasteiger partial charge in [-0.05, 0) is 89.2 Å². The summed E-state index contributed by atoms with van der Waals surface area (Å²) in [4.78, 5) is 26.8. The SMILES string of the molecule is COC(=O)N(C)Cc1nnc(-c2ccc(C)cc2)nn1.Cc1ccc(C2=NN3C(=O)N(C)CC3=C3CCC(O)CCCC23)cc1.OC1CC/C=C/CCC1. The number of likely N-dealkylation sites (N-methyl/N-ethyl adjacent to an activating group) is 1. The zero-order valence-electron chi connectivity index (χ0n) is 32.2. The van der Waals surface area contributed by atoms with E-state index in [9.17, 15) is 19.8 Å². The molecule has 13 nitrogen and oxygen atoms in total. The summed E-state index contributed by atoms with van der Waals surface area (Å²) in [6.07, 6.45) is 13.4. The smallest absolute Gasteiger partial charge is 0.409 e. The summed E-state index contributed by atoms with van der Waals surface area (Å²) in [5.74, 6) is 1.06. The Hall–Kier alpha value is -5.01. The molecule has 3 aromatic rings. The number of hydrogen-bond donors (Lipinski definition) is 2. The molecule has 288 valence electrons. The van der Waals surface area contributed by atoms with E-state index >= 15 is 0 Å². The molecule has 2 aliphatic carbocycles. The Morgan fingerprint density at radius 3 is 2.11 bits per heavy atom. The minimum absolute atomic E-state index is 0.0325. The number of hydrazone groups is 1. The fraction of sp³-hybridized carbons (Fsp3) is 0.488. The molecular weight excluding hydrogens is 685 g/mol. The molecule has 2 N–H and O–H groups in total. The van der Waals surface area contributed by atoms with E-state index in [0.717, 1.165) is 92.3 Å². The highest BCUT2D eigenvalue weighted by molar-refractivity contribution is 6.05. The molecule has 1 saturated heterocycles. The second-order valence-electron chi connectivity index (χ2n) is 14.4. The van der Waals surface area contributed by atoms with Crippen LogP contribution in [0.1, 0.15) is 86.7 Å². The maximum atomic E-state index is 12.5. The molecule has 4 aliphatic rings. The van der Waals surface area contributed by atoms with Crippen LogP contribution in [0, 0.1) is 19.8 Å². The molecule has 3 atom stereocenters. The monoisotopic (exact) mass is 738 g/mol. The van der Waals surface area contributed by atoms with Gasteiger partial charge in [0.25, 0.3) is 0 Å². The van der Waals surface area contributed by atoms with Gasteiger partial charge in [-0.25, -0.2) is 9.59 Å². The number of aromatic nitrogens is 4. The zero-order chi connectivity index (χ0) is 38.6. The number of aryl methyl sites for hydroxylation is 2. The van der Waals surface area contributed by atoms with Crippen LogP contribution in [0.15, 0.2) is 77.1 Å². The molecule has 13 heteroatoms. The Balaban J connectivity index is 0.000000172. The van der Waals surface area contributed by atoms with Gasteiger partial charge in [0.2, 0.25) is 5.82 Å². The van der Waals surface area contributed by atoms with Crippen LogP contribution in [0.3, 0.4) is 0 Å². The van der Waals surface area contributed by atoms with Crippen molar-refractivity contribution >= 4 is 17.8 Å². The van der Waals surface area contributed by atoms with Crippen molar-refractivity contribution in [2.75, 3.05) is 27.7 Å². The number of urea groups is 1. The van der Waals surface area contributed by atoms with Gasteiger partial charge in [-0.1, -0.05) is 71.8 Å². The molecule has 0 bridgehead atoms. The lowest BCUT2D eigenvalue weighted by Gasteiger charge is -2.33. The van der Waals surface area contributed by atoms with Gasteiger partial charge in [0.15, 0.2) is 5.82 Å². The lowest BCUT2D eigenvalue weighted by molar-refractivity contribution is 0.130. The lowest BCUT2D eigenvalue weighted by Crippen LogP contribution is -2.34. The lowest BCUT2D eigenvalue weighted by atomic mass is 9.79. The number of nitrogens with zero attached hydrogens (tertiary/aromatic N) is 8. The number of ether oxygens (including phenoxy) is 1. The van der Waals surface area contributed by atoms with Crippen LogP contribution in [-0.2, 0) is 11.3 Å². The molecule has 2 aliphatic heterocycles. The van der Waals surface area contributed by atoms with E-state index in [0.29, 0.717) is 18.2 Å². The highest BCUT2D eigenvalue weighted by Crippen LogP contribution is 2.39. The molecule has 2 fully saturated rings. The summed E-state index contributed by atoms with van der Waals surface area (Å²) in [5, 5.41) is 41.6. The van der Waals surface area contributed by atoms with E-state index in [1.165, 1.54) is 23.1 Å². The van der Waals surface area contributed by atoms with Crippen molar-refractivity contribution < 1.29 is 24.5 Å². The summed E-state index contributed by atoms with van der Waals surface area (Å²) < 4.78 is 4.58. The van der Waals surface area contributed by atoms with Crippen molar-refractivity contribution in [3.05, 3.63) is 94.5 Å². The highest BCUT2D eigenvalue weighted by atomic mass is 16.5. The standard InChI is InChI=1S/C20H25N3O2.C13H15N5O2.C8H14O/c1-13-6-8-14(9-7-13)19-17-5-3-4-15(24)10-11-16(17)18-12-22(2)20(25)23(18)21-19;1-9-4-6-10(7-5-9)12-16-14-11(15-17-12)8-18(2)13(19)20-3;9-8-6-4-2-1-3-5-7-8/h6-9,15,17,24H,3-5,10-12H2,1-2H3;4-7H,8H2,1-3H3;1-2,8-9H,3-7H2/b;;2-1+. The number of hydrogen-bond acceptors (Lipinski definition) is 10. The molecule has 2 aromatic carbocycles. The first-order chi connectivity index (χ1) is 26.0. The second kappa shape index (κ2) is 19.4. The normalized spacial score (nSPS) is 21.6. The van der Waals surface area contributed by atoms with Crippen LogP contribution in [0.4, 0.5) is 9.59 Å². The summed E-state index contributed by atoms with van der Waals surface area (Å²) in [5.41, 5.74) is 7.64. The predicted molar refractivity (Wildman–Crippen MR) is 207 cm³/mol. The molecular formula is C41H54N8O5. The maximum Gasteiger partial charge on any atom is 0.409 e. The molecule has 0 radical (unpaired) electrons. The van der Waals surface area contributed by atoms with Crippen LogP contribution < -0.4 is 0 Å². The Labute approximate surface area is 318 Å². The van der Waals surface area contributed by atoms with Gasteiger partial charge < -0.3 is 24.7 Å². The Morgan fingerprint density at radius 2 is 1.44 bits per heavy atom. The molecule has 0 spiro atoms. The number of methoxy groups -OCH3 is 1. The number of carbonyl (C=O) groups excluding carboxylic acids is 2. The van der Waals surface area contributed by atoms with E-state index in [1.807, 2.05) is 38.2 Å². The maximum absolute atomic E-state index is 12.5. The van der Waals surface area contributed by atoms with Crippen molar-refractivity contribution in [2.24, 2.45) is 11.0 Å². The highest BCUT2D eigenvalue weighted by Gasteiger charge is 2.40. The van der Waals surface area contributed by atoms with E-state index < -0.39 is 6.09 Å². The number of aliphatic hydroxyl groups excluding tert-OH is 2. The number of benzene rings is 2. The predicted octanol–water partition coefficient (Wildman–Crippen LogP) is 6.58. The van der Waals surface area contributed by atoms with Crippen LogP contribution >= 0.6 is 0 Å². The van der Waals surface area contributed by atoms with Gasteiger partial charge in [-0.2, -0.15) is 10.1 Å². The van der Waals surface area contributed by atoms with Crippen molar-refractivity contribution in [3.8, 4) is 11.4 Å². The van der Waals surface area contributed by atoms with E-state index in [2.05, 4.69) is 68.5 Å². The molecule has 3 unspecified atom stereocenters. The Morgan fingerprint density at radius 1 is 0.833 bits per heavy atom. The van der Waals surface area contributed by atoms with Crippen LogP contribution in [0.25, 0.3) is 11.4 Å². The third-order valence-corrected chi connectivity index (χ3v) is 10.0. The molecule has 1 saturated carbocycles. The first-order valence-corrected chi connectivity index (χ1v) is 18.9. The fourth-order valence-corrected chi connectivity index (χ4v) is 6.86. The third kappa shape index (κ3) is 10.8. The topological polar surface area (TPSA) is 157 Å². The van der Waals surface area contributed by atoms with Crippen LogP contribution in [0.2, 0.25) is 0 Å². The van der Waals surface area contributed by atoms with E-state index in [4.69, 9.17) is 5.10 Å². The number of carbonyl (C=O) groups is 2. The van der Waals surface area contributed by atoms with Gasteiger partial charge in [-0.3, -0.25) is 0 Å². The molecule has 54 heavy (non-hydrogen) atoms. The first kappa shape index (κ1) is 40.2. The molecule has 1 aromatic heterocycles. The molecule has 3 heterocycles. The van der Waals surface area contributed by atoms with Gasteiger partial charge in [-0.15, -0.1) is 20.4 Å². The average molecular weight is 739 g/mol. The van der Waals surface area contributed by atoms with Crippen molar-refractivity contribution in [1.82, 2.24) is 35.2 Å². The van der Waals surface area contributed by atoms with Crippen molar-refractivity contribution in [2.45, 2.75) is 96.8 Å². The fourth-order valence-electron chi connectivity index (χ4n) is 6.86. The quantitative estimate of drug-likeness (QED) is 0.282. The van der Waals surface area contributed by atoms with Gasteiger partial charge in [0, 0.05) is 25.6 Å². The number of allylic oxidation sites excluding steroid dienone is 3. The average Bonchev–Trinajstić information content (AvgIpc) is 3.44. The minimum Gasteiger partial charge on any atom is -0.453 e. The van der Waals surface area contributed by atoms with Crippen molar-refractivity contribution in [3.63, 3.8) is 0 Å². The van der Waals surface area contributed by atoms with E-state index in [1.54, 1.807) is 17.0 Å². The van der Waals surface area contributed by atoms with Gasteiger partial charge in [0.1, 0.15) is 0 Å². The summed E-state index contributed by atoms with van der Waals surface area (Å²) >= 11 is 0. The zero-order valence-corrected chi connectivity index (χ0v) is 32.2. The number of fused-ring (bicyclic) bond motifs is 2. The van der Waals surface area contributed by atoms with Gasteiger partial charge in [0.05, 0.1) is 43.8 Å². The van der Waals surface area contributed by atoms with E-state index in [-0.39, 0.29) is 30.7 Å². The molecule has 3 amide bonds. The second-order valence-corrected chi connectivity index (χ2v) is 14.4. The van der Waals surface area contributed by atoms with Crippen molar-refractivity contribution in [1.29, 1.82) is 0 Å².